The molecule has 170 valence electrons. The van der Waals surface area contributed by atoms with Crippen LogP contribution in [0.5, 0.6) is 5.75 Å². The molecule has 1 aromatic heterocycles. The normalized spacial score (nSPS) is 12.6. The number of nitrogens with zero attached hydrogens (tertiary/aromatic N) is 1. The van der Waals surface area contributed by atoms with Crippen LogP contribution in [0.25, 0.3) is 10.6 Å². The van der Waals surface area contributed by atoms with E-state index >= 15 is 0 Å². The number of hydrogen-bond acceptors (Lipinski definition) is 4. The predicted molar refractivity (Wildman–Crippen MR) is 118 cm³/mol. The molecule has 0 saturated carbocycles. The lowest BCUT2D eigenvalue weighted by Crippen LogP contribution is -2.09. The highest BCUT2D eigenvalue weighted by Crippen LogP contribution is 2.34. The van der Waals surface area contributed by atoms with Crippen LogP contribution in [0, 0.1) is 13.8 Å². The van der Waals surface area contributed by atoms with Gasteiger partial charge in [0.2, 0.25) is 0 Å². The number of carboxylic acids is 1. The Kier molecular flexibility index (Phi) is 7.23. The van der Waals surface area contributed by atoms with Crippen molar-refractivity contribution in [1.82, 2.24) is 4.98 Å². The van der Waals surface area contributed by atoms with Crippen LogP contribution in [-0.4, -0.2) is 22.7 Å². The quantitative estimate of drug-likeness (QED) is 0.407. The summed E-state index contributed by atoms with van der Waals surface area (Å²) in [4.78, 5) is 16.4. The van der Waals surface area contributed by atoms with E-state index in [4.69, 9.17) is 9.84 Å². The molecule has 0 aliphatic heterocycles. The second kappa shape index (κ2) is 9.73. The Labute approximate surface area is 188 Å². The first-order chi connectivity index (χ1) is 15.0. The second-order valence-electron chi connectivity index (χ2n) is 7.73. The first-order valence-electron chi connectivity index (χ1n) is 10.1. The van der Waals surface area contributed by atoms with Crippen LogP contribution in [0.15, 0.2) is 42.5 Å². The van der Waals surface area contributed by atoms with Gasteiger partial charge in [-0.25, -0.2) is 4.98 Å². The fourth-order valence-electron chi connectivity index (χ4n) is 3.37. The Morgan fingerprint density at radius 3 is 2.44 bits per heavy atom. The van der Waals surface area contributed by atoms with Crippen LogP contribution in [0.3, 0.4) is 0 Å². The minimum absolute atomic E-state index is 0.0126. The van der Waals surface area contributed by atoms with E-state index < -0.39 is 17.7 Å². The lowest BCUT2D eigenvalue weighted by atomic mass is 10.0. The van der Waals surface area contributed by atoms with Crippen LogP contribution in [0.1, 0.15) is 46.5 Å². The number of benzene rings is 2. The van der Waals surface area contributed by atoms with Gasteiger partial charge in [0, 0.05) is 22.8 Å². The maximum absolute atomic E-state index is 12.8. The standard InChI is InChI=1S/C24H24F3NO3S/c1-14-12-20(10-6-17(14)7-11-21(29)30)31-13-15(2)22-16(3)32-23(28-22)18-4-8-19(9-5-18)24(25,26)27/h4-6,8-10,12,15H,7,11,13H2,1-3H3,(H,29,30). The summed E-state index contributed by atoms with van der Waals surface area (Å²) in [7, 11) is 0. The van der Waals surface area contributed by atoms with Gasteiger partial charge < -0.3 is 9.84 Å². The summed E-state index contributed by atoms with van der Waals surface area (Å²) < 4.78 is 44.3. The van der Waals surface area contributed by atoms with Gasteiger partial charge in [-0.1, -0.05) is 25.1 Å². The molecule has 3 aromatic rings. The van der Waals surface area contributed by atoms with E-state index in [0.717, 1.165) is 33.8 Å². The van der Waals surface area contributed by atoms with Crippen molar-refractivity contribution in [3.63, 3.8) is 0 Å². The molecule has 0 radical (unpaired) electrons. The minimum Gasteiger partial charge on any atom is -0.493 e. The fourth-order valence-corrected chi connectivity index (χ4v) is 4.41. The van der Waals surface area contributed by atoms with Gasteiger partial charge >= 0.3 is 12.1 Å². The summed E-state index contributed by atoms with van der Waals surface area (Å²) >= 11 is 1.45. The van der Waals surface area contributed by atoms with Crippen molar-refractivity contribution in [2.45, 2.75) is 45.7 Å². The molecule has 1 heterocycles. The first-order valence-corrected chi connectivity index (χ1v) is 11.0. The van der Waals surface area contributed by atoms with Crippen LogP contribution >= 0.6 is 11.3 Å². The Hall–Kier alpha value is -2.87. The van der Waals surface area contributed by atoms with Crippen LogP contribution in [0.2, 0.25) is 0 Å². The maximum atomic E-state index is 12.8. The first kappa shape index (κ1) is 23.8. The molecule has 0 aliphatic carbocycles. The highest BCUT2D eigenvalue weighted by Gasteiger charge is 2.30. The van der Waals surface area contributed by atoms with E-state index in [0.29, 0.717) is 29.3 Å². The lowest BCUT2D eigenvalue weighted by Gasteiger charge is -2.14. The van der Waals surface area contributed by atoms with Gasteiger partial charge in [-0.05, 0) is 55.7 Å². The van der Waals surface area contributed by atoms with Crippen molar-refractivity contribution in [2.24, 2.45) is 0 Å². The van der Waals surface area contributed by atoms with E-state index in [1.165, 1.54) is 23.5 Å². The van der Waals surface area contributed by atoms with Crippen molar-refractivity contribution in [3.05, 3.63) is 69.7 Å². The minimum atomic E-state index is -4.36. The van der Waals surface area contributed by atoms with Crippen molar-refractivity contribution >= 4 is 17.3 Å². The molecule has 32 heavy (non-hydrogen) atoms. The number of carboxylic acid groups (broad SMARTS) is 1. The van der Waals surface area contributed by atoms with Crippen LogP contribution in [0.4, 0.5) is 13.2 Å². The fraction of sp³-hybridized carbons (Fsp3) is 0.333. The molecule has 0 fully saturated rings. The van der Waals surface area contributed by atoms with Crippen LogP contribution in [-0.2, 0) is 17.4 Å². The number of alkyl halides is 3. The van der Waals surface area contributed by atoms with Crippen molar-refractivity contribution in [2.75, 3.05) is 6.61 Å². The summed E-state index contributed by atoms with van der Waals surface area (Å²) in [6.07, 6.45) is -3.80. The molecule has 0 saturated heterocycles. The predicted octanol–water partition coefficient (Wildman–Crippen LogP) is 6.65. The van der Waals surface area contributed by atoms with Gasteiger partial charge in [-0.3, -0.25) is 4.79 Å². The topological polar surface area (TPSA) is 59.4 Å². The Bertz CT molecular complexity index is 1090. The molecule has 1 atom stereocenters. The van der Waals surface area contributed by atoms with E-state index in [-0.39, 0.29) is 12.3 Å². The highest BCUT2D eigenvalue weighted by molar-refractivity contribution is 7.15. The number of thiazole rings is 1. The van der Waals surface area contributed by atoms with Crippen molar-refractivity contribution in [1.29, 1.82) is 0 Å². The van der Waals surface area contributed by atoms with Gasteiger partial charge in [0.05, 0.1) is 17.9 Å². The molecule has 1 N–H and O–H groups in total. The van der Waals surface area contributed by atoms with Gasteiger partial charge in [0.1, 0.15) is 10.8 Å². The summed E-state index contributed by atoms with van der Waals surface area (Å²) in [5, 5.41) is 9.52. The Morgan fingerprint density at radius 1 is 1.16 bits per heavy atom. The van der Waals surface area contributed by atoms with Gasteiger partial charge in [0.25, 0.3) is 0 Å². The number of aromatic nitrogens is 1. The molecule has 8 heteroatoms. The summed E-state index contributed by atoms with van der Waals surface area (Å²) in [5.41, 5.74) is 2.79. The SMILES string of the molecule is Cc1cc(OCC(C)c2nc(-c3ccc(C(F)(F)F)cc3)sc2C)ccc1CCC(=O)O. The zero-order chi connectivity index (χ0) is 23.5. The van der Waals surface area contributed by atoms with Gasteiger partial charge in [-0.15, -0.1) is 11.3 Å². The molecule has 0 spiro atoms. The third-order valence-corrected chi connectivity index (χ3v) is 6.22. The van der Waals surface area contributed by atoms with E-state index in [2.05, 4.69) is 4.98 Å². The number of rotatable bonds is 8. The molecular formula is C24H24F3NO3S. The molecule has 0 amide bonds. The second-order valence-corrected chi connectivity index (χ2v) is 8.93. The average molecular weight is 464 g/mol. The third-order valence-electron chi connectivity index (χ3n) is 5.18. The van der Waals surface area contributed by atoms with Crippen molar-refractivity contribution in [3.8, 4) is 16.3 Å². The summed E-state index contributed by atoms with van der Waals surface area (Å²) in [5.74, 6) is -0.140. The molecule has 0 bridgehead atoms. The smallest absolute Gasteiger partial charge is 0.416 e. The Balaban J connectivity index is 1.66. The highest BCUT2D eigenvalue weighted by atomic mass is 32.1. The molecule has 4 nitrogen and oxygen atoms in total. The molecule has 3 rings (SSSR count). The number of hydrogen-bond donors (Lipinski definition) is 1. The van der Waals surface area contributed by atoms with Gasteiger partial charge in [0.15, 0.2) is 0 Å². The van der Waals surface area contributed by atoms with Crippen LogP contribution < -0.4 is 4.74 Å². The largest absolute Gasteiger partial charge is 0.493 e. The molecule has 2 aromatic carbocycles. The van der Waals surface area contributed by atoms with E-state index in [9.17, 15) is 18.0 Å². The molecule has 1 unspecified atom stereocenters. The average Bonchev–Trinajstić information content (AvgIpc) is 3.12. The molecular weight excluding hydrogens is 439 g/mol. The maximum Gasteiger partial charge on any atom is 0.416 e. The number of aryl methyl sites for hydroxylation is 3. The molecule has 0 aliphatic rings. The number of carbonyl (C=O) groups is 1. The number of ether oxygens (including phenoxy) is 1. The van der Waals surface area contributed by atoms with E-state index in [1.807, 2.05) is 39.0 Å². The van der Waals surface area contributed by atoms with Crippen molar-refractivity contribution < 1.29 is 27.8 Å². The van der Waals surface area contributed by atoms with E-state index in [1.54, 1.807) is 0 Å². The third kappa shape index (κ3) is 5.88. The van der Waals surface area contributed by atoms with Gasteiger partial charge in [-0.2, -0.15) is 13.2 Å². The monoisotopic (exact) mass is 463 g/mol. The summed E-state index contributed by atoms with van der Waals surface area (Å²) in [6, 6.07) is 10.6. The summed E-state index contributed by atoms with van der Waals surface area (Å²) in [6.45, 7) is 6.25. The Morgan fingerprint density at radius 2 is 1.84 bits per heavy atom. The number of aliphatic carboxylic acids is 1. The lowest BCUT2D eigenvalue weighted by molar-refractivity contribution is -0.138. The zero-order valence-electron chi connectivity index (χ0n) is 18.0. The number of halogens is 3. The zero-order valence-corrected chi connectivity index (χ0v) is 18.8.